The summed E-state index contributed by atoms with van der Waals surface area (Å²) in [5.74, 6) is 1.85. The minimum Gasteiger partial charge on any atom is -0.360 e. The molecule has 1 aliphatic carbocycles. The average molecular weight is 410 g/mol. The third-order valence-corrected chi connectivity index (χ3v) is 7.18. The van der Waals surface area contributed by atoms with Crippen molar-refractivity contribution in [2.75, 3.05) is 13.1 Å². The Hall–Kier alpha value is -2.28. The first-order valence-corrected chi connectivity index (χ1v) is 11.5. The fourth-order valence-electron chi connectivity index (χ4n) is 4.15. The van der Waals surface area contributed by atoms with E-state index in [1.807, 2.05) is 30.2 Å². The van der Waals surface area contributed by atoms with Crippen molar-refractivity contribution in [3.8, 4) is 11.4 Å². The highest BCUT2D eigenvalue weighted by molar-refractivity contribution is 8.00. The molecule has 0 spiro atoms. The van der Waals surface area contributed by atoms with Crippen molar-refractivity contribution in [2.45, 2.75) is 56.0 Å². The maximum Gasteiger partial charge on any atom is 0.235 e. The van der Waals surface area contributed by atoms with Gasteiger partial charge < -0.3 is 9.88 Å². The summed E-state index contributed by atoms with van der Waals surface area (Å²) < 4.78 is 2.25. The van der Waals surface area contributed by atoms with Crippen LogP contribution in [-0.4, -0.2) is 48.9 Å². The number of fused-ring (bicyclic) bond motifs is 1. The molecule has 1 atom stereocenters. The first kappa shape index (κ1) is 18.7. The predicted octanol–water partition coefficient (Wildman–Crippen LogP) is 4.50. The number of nitrogens with one attached hydrogen (secondary N) is 1. The van der Waals surface area contributed by atoms with Gasteiger partial charge in [-0.05, 0) is 44.6 Å². The molecule has 152 valence electrons. The van der Waals surface area contributed by atoms with Crippen LogP contribution in [0.4, 0.5) is 0 Å². The molecule has 3 aromatic rings. The topological polar surface area (TPSA) is 66.8 Å². The Morgan fingerprint density at radius 2 is 1.93 bits per heavy atom. The van der Waals surface area contributed by atoms with Crippen LogP contribution in [0.5, 0.6) is 0 Å². The van der Waals surface area contributed by atoms with E-state index in [2.05, 4.69) is 38.8 Å². The fraction of sp³-hybridized carbons (Fsp3) is 0.500. The summed E-state index contributed by atoms with van der Waals surface area (Å²) in [7, 11) is 0. The Morgan fingerprint density at radius 3 is 2.69 bits per heavy atom. The number of aromatic nitrogens is 4. The van der Waals surface area contributed by atoms with E-state index in [-0.39, 0.29) is 11.2 Å². The first-order valence-electron chi connectivity index (χ1n) is 10.6. The quantitative estimate of drug-likeness (QED) is 0.630. The number of H-pyrrole nitrogens is 1. The normalized spacial score (nSPS) is 19.0. The van der Waals surface area contributed by atoms with Gasteiger partial charge in [-0.15, -0.1) is 10.2 Å². The summed E-state index contributed by atoms with van der Waals surface area (Å²) >= 11 is 1.55. The van der Waals surface area contributed by atoms with Crippen LogP contribution in [0.1, 0.15) is 45.6 Å². The van der Waals surface area contributed by atoms with Crippen LogP contribution in [-0.2, 0) is 4.79 Å². The number of hydrogen-bond acceptors (Lipinski definition) is 4. The number of likely N-dealkylation sites (tertiary alicyclic amines) is 1. The molecule has 1 N–H and O–H groups in total. The van der Waals surface area contributed by atoms with Gasteiger partial charge in [-0.2, -0.15) is 0 Å². The van der Waals surface area contributed by atoms with E-state index in [9.17, 15) is 4.79 Å². The largest absolute Gasteiger partial charge is 0.360 e. The number of carbonyl (C=O) groups excluding carboxylic acids is 1. The predicted molar refractivity (Wildman–Crippen MR) is 116 cm³/mol. The van der Waals surface area contributed by atoms with E-state index in [4.69, 9.17) is 0 Å². The van der Waals surface area contributed by atoms with Crippen molar-refractivity contribution >= 4 is 28.6 Å². The van der Waals surface area contributed by atoms with Gasteiger partial charge in [0.05, 0.1) is 5.25 Å². The molecular weight excluding hydrogens is 382 g/mol. The molecule has 1 aromatic carbocycles. The van der Waals surface area contributed by atoms with Gasteiger partial charge in [0.15, 0.2) is 11.0 Å². The second-order valence-electron chi connectivity index (χ2n) is 8.42. The Kier molecular flexibility index (Phi) is 4.86. The second kappa shape index (κ2) is 7.52. The Morgan fingerprint density at radius 1 is 1.17 bits per heavy atom. The van der Waals surface area contributed by atoms with E-state index in [0.717, 1.165) is 72.1 Å². The maximum absolute atomic E-state index is 13.0. The highest BCUT2D eigenvalue weighted by Gasteiger charge is 2.33. The molecule has 1 aliphatic heterocycles. The summed E-state index contributed by atoms with van der Waals surface area (Å²) in [5.41, 5.74) is 2.18. The molecule has 29 heavy (non-hydrogen) atoms. The first-order chi connectivity index (χ1) is 14.1. The fourth-order valence-corrected chi connectivity index (χ4v) is 5.16. The maximum atomic E-state index is 13.0. The highest BCUT2D eigenvalue weighted by Crippen LogP contribution is 2.43. The van der Waals surface area contributed by atoms with Crippen LogP contribution in [0.2, 0.25) is 0 Å². The van der Waals surface area contributed by atoms with Gasteiger partial charge in [0, 0.05) is 41.8 Å². The number of benzene rings is 1. The Balaban J connectivity index is 1.41. The van der Waals surface area contributed by atoms with Crippen LogP contribution < -0.4 is 0 Å². The van der Waals surface area contributed by atoms with Crippen LogP contribution >= 0.6 is 11.8 Å². The molecule has 2 fully saturated rings. The Labute approximate surface area is 175 Å². The number of carbonyl (C=O) groups is 1. The summed E-state index contributed by atoms with van der Waals surface area (Å²) in [5, 5.41) is 10.9. The van der Waals surface area contributed by atoms with E-state index in [1.165, 1.54) is 0 Å². The molecule has 7 heteroatoms. The number of amides is 1. The number of piperidine rings is 1. The van der Waals surface area contributed by atoms with Gasteiger partial charge in [0.2, 0.25) is 5.91 Å². The van der Waals surface area contributed by atoms with E-state index in [1.54, 1.807) is 11.8 Å². The van der Waals surface area contributed by atoms with Crippen LogP contribution in [0.3, 0.4) is 0 Å². The molecule has 2 aromatic heterocycles. The van der Waals surface area contributed by atoms with Crippen molar-refractivity contribution in [1.82, 2.24) is 24.6 Å². The van der Waals surface area contributed by atoms with Crippen LogP contribution in [0.15, 0.2) is 35.6 Å². The minimum atomic E-state index is -0.152. The minimum absolute atomic E-state index is 0.152. The number of nitrogens with zero attached hydrogens (tertiary/aromatic N) is 4. The SMILES string of the molecule is CC1CCN(C(=O)[C@@H](C)Sc2nnc(-c3c[nH]c4ccccc34)n2C2CC2)CC1. The number of aromatic amines is 1. The van der Waals surface area contributed by atoms with Crippen molar-refractivity contribution in [1.29, 1.82) is 0 Å². The standard InChI is InChI=1S/C22H27N5OS/c1-14-9-11-26(12-10-14)21(28)15(2)29-22-25-24-20(27(22)16-7-8-16)18-13-23-19-6-4-3-5-17(18)19/h3-6,13-16,23H,7-12H2,1-2H3/t15-/m1/s1. The van der Waals surface area contributed by atoms with Gasteiger partial charge in [-0.25, -0.2) is 0 Å². The van der Waals surface area contributed by atoms with E-state index < -0.39 is 0 Å². The summed E-state index contributed by atoms with van der Waals surface area (Å²) in [4.78, 5) is 18.3. The molecule has 1 saturated carbocycles. The number of thioether (sulfide) groups is 1. The molecule has 0 unspecified atom stereocenters. The molecule has 3 heterocycles. The molecular formula is C22H27N5OS. The number of rotatable bonds is 5. The zero-order valence-corrected chi connectivity index (χ0v) is 17.8. The van der Waals surface area contributed by atoms with Gasteiger partial charge in [0.25, 0.3) is 0 Å². The lowest BCUT2D eigenvalue weighted by atomic mass is 9.99. The molecule has 5 rings (SSSR count). The summed E-state index contributed by atoms with van der Waals surface area (Å²) in [6.45, 7) is 6.02. The third-order valence-electron chi connectivity index (χ3n) is 6.13. The Bertz CT molecular complexity index is 1030. The molecule has 6 nitrogen and oxygen atoms in total. The van der Waals surface area contributed by atoms with Gasteiger partial charge in [-0.3, -0.25) is 9.36 Å². The van der Waals surface area contributed by atoms with Gasteiger partial charge in [0.1, 0.15) is 0 Å². The second-order valence-corrected chi connectivity index (χ2v) is 9.73. The molecule has 1 saturated heterocycles. The molecule has 1 amide bonds. The van der Waals surface area contributed by atoms with Crippen LogP contribution in [0.25, 0.3) is 22.3 Å². The molecule has 2 aliphatic rings. The van der Waals surface area contributed by atoms with Crippen LogP contribution in [0, 0.1) is 5.92 Å². The average Bonchev–Trinajstić information content (AvgIpc) is 3.35. The van der Waals surface area contributed by atoms with Gasteiger partial charge >= 0.3 is 0 Å². The van der Waals surface area contributed by atoms with E-state index >= 15 is 0 Å². The lowest BCUT2D eigenvalue weighted by molar-refractivity contribution is -0.131. The lowest BCUT2D eigenvalue weighted by Gasteiger charge is -2.32. The zero-order valence-electron chi connectivity index (χ0n) is 17.0. The third kappa shape index (κ3) is 3.56. The van der Waals surface area contributed by atoms with Crippen molar-refractivity contribution in [3.05, 3.63) is 30.5 Å². The lowest BCUT2D eigenvalue weighted by Crippen LogP contribution is -2.41. The monoisotopic (exact) mass is 409 g/mol. The zero-order chi connectivity index (χ0) is 20.0. The molecule has 0 bridgehead atoms. The number of para-hydroxylation sites is 1. The van der Waals surface area contributed by atoms with Crippen molar-refractivity contribution < 1.29 is 4.79 Å². The van der Waals surface area contributed by atoms with Crippen molar-refractivity contribution in [3.63, 3.8) is 0 Å². The number of hydrogen-bond donors (Lipinski definition) is 1. The summed E-state index contributed by atoms with van der Waals surface area (Å²) in [6.07, 6.45) is 6.52. The smallest absolute Gasteiger partial charge is 0.235 e. The van der Waals surface area contributed by atoms with Crippen molar-refractivity contribution in [2.24, 2.45) is 5.92 Å². The summed E-state index contributed by atoms with van der Waals surface area (Å²) in [6, 6.07) is 8.71. The van der Waals surface area contributed by atoms with E-state index in [0.29, 0.717) is 6.04 Å². The highest BCUT2D eigenvalue weighted by atomic mass is 32.2. The van der Waals surface area contributed by atoms with Gasteiger partial charge in [-0.1, -0.05) is 36.9 Å². The molecule has 0 radical (unpaired) electrons.